The van der Waals surface area contributed by atoms with Gasteiger partial charge in [0.2, 0.25) is 0 Å². The highest BCUT2D eigenvalue weighted by atomic mass is 35.5. The van der Waals surface area contributed by atoms with E-state index in [1.165, 1.54) is 5.56 Å². The molecule has 4 bridgehead atoms. The summed E-state index contributed by atoms with van der Waals surface area (Å²) in [5.74, 6) is 0.175. The highest BCUT2D eigenvalue weighted by Gasteiger charge is 2.59. The van der Waals surface area contributed by atoms with Crippen molar-refractivity contribution in [1.82, 2.24) is 9.78 Å². The molecule has 2 atom stereocenters. The van der Waals surface area contributed by atoms with Gasteiger partial charge in [-0.2, -0.15) is 5.10 Å². The minimum Gasteiger partial charge on any atom is -0.481 e. The van der Waals surface area contributed by atoms with Crippen LogP contribution in [0.3, 0.4) is 0 Å². The molecule has 5 aliphatic rings. The third kappa shape index (κ3) is 3.99. The second kappa shape index (κ2) is 8.66. The van der Waals surface area contributed by atoms with Gasteiger partial charge in [-0.1, -0.05) is 29.3 Å². The van der Waals surface area contributed by atoms with E-state index in [9.17, 15) is 14.7 Å². The maximum atomic E-state index is 13.6. The number of rotatable bonds is 5. The van der Waals surface area contributed by atoms with Crippen molar-refractivity contribution in [2.75, 3.05) is 36.0 Å². The molecule has 2 unspecified atom stereocenters. The SMILES string of the molecule is Cc1ccc(Cl)cc1N1CCN(c2cnn(C34CC5CC(CC(CC(=O)O)(C5)C3)C4)c(=O)c2Cl)CC1. The molecular formula is C27H32Cl2N4O3. The Morgan fingerprint density at radius 1 is 1.06 bits per heavy atom. The molecule has 2 aromatic rings. The molecule has 1 aromatic heterocycles. The summed E-state index contributed by atoms with van der Waals surface area (Å²) in [7, 11) is 0. The van der Waals surface area contributed by atoms with Crippen LogP contribution in [0.5, 0.6) is 0 Å². The van der Waals surface area contributed by atoms with E-state index in [0.717, 1.165) is 69.0 Å². The van der Waals surface area contributed by atoms with E-state index < -0.39 is 11.5 Å². The highest BCUT2D eigenvalue weighted by Crippen LogP contribution is 2.65. The summed E-state index contributed by atoms with van der Waals surface area (Å²) in [5.41, 5.74) is 2.13. The van der Waals surface area contributed by atoms with E-state index in [4.69, 9.17) is 28.3 Å². The molecule has 4 aliphatic carbocycles. The summed E-state index contributed by atoms with van der Waals surface area (Å²) in [6, 6.07) is 5.95. The van der Waals surface area contributed by atoms with Gasteiger partial charge in [0.15, 0.2) is 0 Å². The summed E-state index contributed by atoms with van der Waals surface area (Å²) in [5, 5.41) is 15.3. The zero-order chi connectivity index (χ0) is 25.2. The van der Waals surface area contributed by atoms with Crippen LogP contribution in [0.25, 0.3) is 0 Å². The number of aryl methyl sites for hydroxylation is 1. The van der Waals surface area contributed by atoms with Crippen molar-refractivity contribution in [2.24, 2.45) is 17.3 Å². The lowest BCUT2D eigenvalue weighted by Crippen LogP contribution is -2.59. The predicted octanol–water partition coefficient (Wildman–Crippen LogP) is 4.96. The summed E-state index contributed by atoms with van der Waals surface area (Å²) < 4.78 is 1.64. The number of hydrogen-bond donors (Lipinski definition) is 1. The third-order valence-corrected chi connectivity index (χ3v) is 9.75. The minimum absolute atomic E-state index is 0.179. The van der Waals surface area contributed by atoms with Crippen LogP contribution in [0.15, 0.2) is 29.2 Å². The molecule has 1 saturated heterocycles. The van der Waals surface area contributed by atoms with Gasteiger partial charge in [-0.05, 0) is 80.4 Å². The number of hydrogen-bond acceptors (Lipinski definition) is 5. The smallest absolute Gasteiger partial charge is 0.303 e. The van der Waals surface area contributed by atoms with Gasteiger partial charge in [-0.25, -0.2) is 4.68 Å². The standard InChI is InChI=1S/C27H32Cl2N4O3/c1-17-2-3-20(28)9-21(17)31-4-6-32(7-5-31)22-15-30-33(25(36)24(22)29)27-12-18-8-19(13-27)11-26(10-18,16-27)14-23(34)35/h2-3,9,15,18-19H,4-8,10-14,16H2,1H3,(H,34,35). The summed E-state index contributed by atoms with van der Waals surface area (Å²) in [4.78, 5) is 29.8. The van der Waals surface area contributed by atoms with E-state index in [1.807, 2.05) is 18.2 Å². The topological polar surface area (TPSA) is 78.7 Å². The van der Waals surface area contributed by atoms with Crippen molar-refractivity contribution in [3.8, 4) is 0 Å². The lowest BCUT2D eigenvalue weighted by molar-refractivity contribution is -0.151. The highest BCUT2D eigenvalue weighted by molar-refractivity contribution is 6.33. The van der Waals surface area contributed by atoms with Gasteiger partial charge in [-0.3, -0.25) is 9.59 Å². The maximum absolute atomic E-state index is 13.6. The number of nitrogens with zero attached hydrogens (tertiary/aromatic N) is 4. The van der Waals surface area contributed by atoms with E-state index in [2.05, 4.69) is 16.7 Å². The molecule has 1 aromatic carbocycles. The van der Waals surface area contributed by atoms with Crippen molar-refractivity contribution < 1.29 is 9.90 Å². The summed E-state index contributed by atoms with van der Waals surface area (Å²) in [6.45, 7) is 5.14. The first kappa shape index (κ1) is 24.1. The Hall–Kier alpha value is -2.25. The molecule has 0 spiro atoms. The molecule has 2 heterocycles. The Morgan fingerprint density at radius 2 is 1.69 bits per heavy atom. The van der Waals surface area contributed by atoms with Crippen molar-refractivity contribution in [3.63, 3.8) is 0 Å². The van der Waals surface area contributed by atoms with E-state index in [0.29, 0.717) is 23.9 Å². The van der Waals surface area contributed by atoms with Crippen molar-refractivity contribution >= 4 is 40.5 Å². The fraction of sp³-hybridized carbons (Fsp3) is 0.593. The normalized spacial score (nSPS) is 31.2. The molecule has 1 N–H and O–H groups in total. The zero-order valence-electron chi connectivity index (χ0n) is 20.6. The number of carboxylic acid groups (broad SMARTS) is 1. The summed E-state index contributed by atoms with van der Waals surface area (Å²) in [6.07, 6.45) is 7.48. The number of carbonyl (C=O) groups is 1. The first-order valence-corrected chi connectivity index (χ1v) is 13.7. The second-order valence-corrected chi connectivity index (χ2v) is 12.5. The summed E-state index contributed by atoms with van der Waals surface area (Å²) >= 11 is 13.0. The molecule has 0 amide bonds. The van der Waals surface area contributed by atoms with Crippen LogP contribution < -0.4 is 15.4 Å². The Bertz CT molecular complexity index is 1260. The number of benzene rings is 1. The lowest BCUT2D eigenvalue weighted by Gasteiger charge is -2.61. The first-order valence-electron chi connectivity index (χ1n) is 12.9. The number of aliphatic carboxylic acids is 1. The lowest BCUT2D eigenvalue weighted by atomic mass is 9.46. The average molecular weight is 531 g/mol. The molecule has 36 heavy (non-hydrogen) atoms. The molecule has 5 fully saturated rings. The van der Waals surface area contributed by atoms with Crippen LogP contribution in [0, 0.1) is 24.2 Å². The molecule has 0 radical (unpaired) electrons. The molecule has 7 nitrogen and oxygen atoms in total. The predicted molar refractivity (Wildman–Crippen MR) is 141 cm³/mol. The Balaban J connectivity index is 1.25. The molecule has 7 rings (SSSR count). The minimum atomic E-state index is -0.743. The maximum Gasteiger partial charge on any atom is 0.303 e. The van der Waals surface area contributed by atoms with Crippen LogP contribution in [-0.2, 0) is 10.3 Å². The van der Waals surface area contributed by atoms with Gasteiger partial charge >= 0.3 is 5.97 Å². The molecule has 192 valence electrons. The molecule has 9 heteroatoms. The van der Waals surface area contributed by atoms with Gasteiger partial charge in [0, 0.05) is 36.9 Å². The van der Waals surface area contributed by atoms with Gasteiger partial charge < -0.3 is 14.9 Å². The van der Waals surface area contributed by atoms with Crippen molar-refractivity contribution in [2.45, 2.75) is 57.4 Å². The van der Waals surface area contributed by atoms with Crippen molar-refractivity contribution in [3.05, 3.63) is 50.4 Å². The zero-order valence-corrected chi connectivity index (χ0v) is 22.1. The number of carboxylic acids is 1. The van der Waals surface area contributed by atoms with Crippen LogP contribution in [0.4, 0.5) is 11.4 Å². The van der Waals surface area contributed by atoms with Crippen LogP contribution in [0.1, 0.15) is 50.5 Å². The third-order valence-electron chi connectivity index (χ3n) is 9.16. The van der Waals surface area contributed by atoms with Gasteiger partial charge in [0.1, 0.15) is 5.02 Å². The molecule has 1 aliphatic heterocycles. The quantitative estimate of drug-likeness (QED) is 0.588. The Kier molecular flexibility index (Phi) is 5.80. The molecule has 4 saturated carbocycles. The van der Waals surface area contributed by atoms with Crippen molar-refractivity contribution in [1.29, 1.82) is 0 Å². The van der Waals surface area contributed by atoms with Crippen LogP contribution in [0.2, 0.25) is 10.0 Å². The van der Waals surface area contributed by atoms with Crippen LogP contribution >= 0.6 is 23.2 Å². The van der Waals surface area contributed by atoms with E-state index in [-0.39, 0.29) is 22.4 Å². The number of anilines is 2. The fourth-order valence-electron chi connectivity index (χ4n) is 8.27. The van der Waals surface area contributed by atoms with Gasteiger partial charge in [0.05, 0.1) is 23.8 Å². The van der Waals surface area contributed by atoms with Crippen LogP contribution in [-0.4, -0.2) is 47.0 Å². The number of halogens is 2. The van der Waals surface area contributed by atoms with Gasteiger partial charge in [-0.15, -0.1) is 0 Å². The number of piperazine rings is 1. The fourth-order valence-corrected chi connectivity index (χ4v) is 8.69. The monoisotopic (exact) mass is 530 g/mol. The number of aromatic nitrogens is 2. The largest absolute Gasteiger partial charge is 0.481 e. The Morgan fingerprint density at radius 3 is 2.33 bits per heavy atom. The average Bonchev–Trinajstić information content (AvgIpc) is 2.81. The van der Waals surface area contributed by atoms with Gasteiger partial charge in [0.25, 0.3) is 5.56 Å². The second-order valence-electron chi connectivity index (χ2n) is 11.7. The Labute approximate surface area is 221 Å². The van der Waals surface area contributed by atoms with E-state index in [1.54, 1.807) is 10.9 Å². The molecular weight excluding hydrogens is 499 g/mol. The first-order chi connectivity index (χ1) is 17.2. The van der Waals surface area contributed by atoms with E-state index >= 15 is 0 Å².